The summed E-state index contributed by atoms with van der Waals surface area (Å²) in [6, 6.07) is 2.39. The summed E-state index contributed by atoms with van der Waals surface area (Å²) in [7, 11) is 1.81. The fourth-order valence-electron chi connectivity index (χ4n) is 4.26. The lowest BCUT2D eigenvalue weighted by Crippen LogP contribution is -2.51. The van der Waals surface area contributed by atoms with Gasteiger partial charge in [0.2, 0.25) is 5.91 Å². The molecule has 4 unspecified atom stereocenters. The number of likely N-dealkylation sites (N-methyl/N-ethyl adjacent to an activating group) is 1. The van der Waals surface area contributed by atoms with E-state index in [4.69, 9.17) is 0 Å². The van der Waals surface area contributed by atoms with Crippen LogP contribution >= 0.6 is 0 Å². The van der Waals surface area contributed by atoms with E-state index in [2.05, 4.69) is 10.6 Å². The summed E-state index contributed by atoms with van der Waals surface area (Å²) in [4.78, 5) is 27.5. The highest BCUT2D eigenvalue weighted by Crippen LogP contribution is 2.40. The lowest BCUT2D eigenvalue weighted by molar-refractivity contribution is -0.125. The van der Waals surface area contributed by atoms with E-state index in [1.54, 1.807) is 4.90 Å². The van der Waals surface area contributed by atoms with Gasteiger partial charge in [-0.05, 0) is 51.3 Å². The molecule has 2 N–H and O–H groups in total. The van der Waals surface area contributed by atoms with Crippen LogP contribution in [0.5, 0.6) is 0 Å². The van der Waals surface area contributed by atoms with E-state index >= 15 is 0 Å². The third-order valence-electron chi connectivity index (χ3n) is 5.86. The van der Waals surface area contributed by atoms with Crippen molar-refractivity contribution in [2.45, 2.75) is 57.2 Å². The van der Waals surface area contributed by atoms with Gasteiger partial charge in [-0.3, -0.25) is 9.59 Å². The second kappa shape index (κ2) is 8.33. The number of carbonyl (C=O) groups is 2. The minimum absolute atomic E-state index is 0.0619. The summed E-state index contributed by atoms with van der Waals surface area (Å²) < 4.78 is 27.4. The fourth-order valence-corrected chi connectivity index (χ4v) is 4.26. The maximum atomic E-state index is 14.2. The van der Waals surface area contributed by atoms with Crippen molar-refractivity contribution in [1.29, 1.82) is 0 Å². The molecule has 148 valence electrons. The van der Waals surface area contributed by atoms with Crippen LogP contribution in [0.25, 0.3) is 0 Å². The van der Waals surface area contributed by atoms with Crippen molar-refractivity contribution in [2.75, 3.05) is 13.6 Å². The summed E-state index contributed by atoms with van der Waals surface area (Å²) in [6.07, 6.45) is 4.45. The smallest absolute Gasteiger partial charge is 0.257 e. The van der Waals surface area contributed by atoms with Crippen LogP contribution in [0.2, 0.25) is 0 Å². The lowest BCUT2D eigenvalue weighted by atomic mass is 9.84. The van der Waals surface area contributed by atoms with Crippen LogP contribution in [0.15, 0.2) is 18.2 Å². The second-order valence-electron chi connectivity index (χ2n) is 7.63. The maximum absolute atomic E-state index is 14.2. The molecule has 7 heteroatoms. The van der Waals surface area contributed by atoms with Crippen LogP contribution in [-0.2, 0) is 4.79 Å². The van der Waals surface area contributed by atoms with Crippen molar-refractivity contribution >= 4 is 11.8 Å². The SMILES string of the molecule is CNC(C)CNC(=O)C1CC2CCCCC2N1C(=O)c1ccc(F)cc1F. The number of hydrogen-bond donors (Lipinski definition) is 2. The van der Waals surface area contributed by atoms with Crippen LogP contribution in [0, 0.1) is 17.6 Å². The number of nitrogens with zero attached hydrogens (tertiary/aromatic N) is 1. The quantitative estimate of drug-likeness (QED) is 0.826. The number of halogens is 2. The van der Waals surface area contributed by atoms with Gasteiger partial charge >= 0.3 is 0 Å². The van der Waals surface area contributed by atoms with Crippen LogP contribution in [0.4, 0.5) is 8.78 Å². The molecule has 1 aliphatic heterocycles. The molecule has 0 bridgehead atoms. The van der Waals surface area contributed by atoms with Crippen LogP contribution in [-0.4, -0.2) is 48.4 Å². The molecule has 2 fully saturated rings. The minimum atomic E-state index is -0.887. The average molecular weight is 379 g/mol. The Bertz CT molecular complexity index is 712. The van der Waals surface area contributed by atoms with Gasteiger partial charge < -0.3 is 15.5 Å². The Labute approximate surface area is 158 Å². The number of benzene rings is 1. The molecular weight excluding hydrogens is 352 g/mol. The molecule has 1 aromatic carbocycles. The molecule has 0 radical (unpaired) electrons. The Morgan fingerprint density at radius 1 is 1.26 bits per heavy atom. The van der Waals surface area contributed by atoms with Crippen molar-refractivity contribution < 1.29 is 18.4 Å². The Hall–Kier alpha value is -2.02. The highest BCUT2D eigenvalue weighted by Gasteiger charge is 2.47. The Morgan fingerprint density at radius 3 is 2.70 bits per heavy atom. The van der Waals surface area contributed by atoms with Crippen LogP contribution in [0.1, 0.15) is 49.4 Å². The molecule has 1 heterocycles. The maximum Gasteiger partial charge on any atom is 0.257 e. The number of nitrogens with one attached hydrogen (secondary N) is 2. The zero-order valence-corrected chi connectivity index (χ0v) is 15.8. The van der Waals surface area contributed by atoms with Gasteiger partial charge in [0.1, 0.15) is 17.7 Å². The van der Waals surface area contributed by atoms with E-state index in [-0.39, 0.29) is 29.5 Å². The topological polar surface area (TPSA) is 61.4 Å². The van der Waals surface area contributed by atoms with Crippen molar-refractivity contribution in [3.8, 4) is 0 Å². The number of carbonyl (C=O) groups excluding carboxylic acids is 2. The Kier molecular flexibility index (Phi) is 6.09. The molecule has 2 amide bonds. The molecule has 1 saturated carbocycles. The van der Waals surface area contributed by atoms with Gasteiger partial charge in [-0.25, -0.2) is 8.78 Å². The van der Waals surface area contributed by atoms with E-state index in [0.29, 0.717) is 19.0 Å². The molecule has 1 aliphatic carbocycles. The molecule has 4 atom stereocenters. The van der Waals surface area contributed by atoms with Gasteiger partial charge in [-0.1, -0.05) is 12.8 Å². The van der Waals surface area contributed by atoms with E-state index in [9.17, 15) is 18.4 Å². The summed E-state index contributed by atoms with van der Waals surface area (Å²) in [6.45, 7) is 2.40. The van der Waals surface area contributed by atoms with E-state index in [1.807, 2.05) is 14.0 Å². The van der Waals surface area contributed by atoms with Crippen molar-refractivity contribution in [2.24, 2.45) is 5.92 Å². The van der Waals surface area contributed by atoms with Crippen molar-refractivity contribution in [3.05, 3.63) is 35.4 Å². The lowest BCUT2D eigenvalue weighted by Gasteiger charge is -2.33. The van der Waals surface area contributed by atoms with E-state index < -0.39 is 23.6 Å². The summed E-state index contributed by atoms with van der Waals surface area (Å²) in [5.41, 5.74) is -0.177. The third kappa shape index (κ3) is 4.13. The number of likely N-dealkylation sites (tertiary alicyclic amines) is 1. The molecule has 0 aromatic heterocycles. The zero-order chi connectivity index (χ0) is 19.6. The first kappa shape index (κ1) is 19.7. The fraction of sp³-hybridized carbons (Fsp3) is 0.600. The van der Waals surface area contributed by atoms with Gasteiger partial charge in [-0.2, -0.15) is 0 Å². The molecule has 3 rings (SSSR count). The molecule has 1 aromatic rings. The van der Waals surface area contributed by atoms with Crippen LogP contribution < -0.4 is 10.6 Å². The predicted molar refractivity (Wildman–Crippen MR) is 98.2 cm³/mol. The molecule has 0 spiro atoms. The summed E-state index contributed by atoms with van der Waals surface area (Å²) >= 11 is 0. The number of hydrogen-bond acceptors (Lipinski definition) is 3. The van der Waals surface area contributed by atoms with E-state index in [0.717, 1.165) is 31.7 Å². The first-order valence-corrected chi connectivity index (χ1v) is 9.65. The van der Waals surface area contributed by atoms with Crippen molar-refractivity contribution in [1.82, 2.24) is 15.5 Å². The summed E-state index contributed by atoms with van der Waals surface area (Å²) in [5.74, 6) is -2.09. The monoisotopic (exact) mass is 379 g/mol. The van der Waals surface area contributed by atoms with Gasteiger partial charge in [-0.15, -0.1) is 0 Å². The average Bonchev–Trinajstić information content (AvgIpc) is 3.05. The number of rotatable bonds is 5. The molecule has 2 aliphatic rings. The van der Waals surface area contributed by atoms with E-state index in [1.165, 1.54) is 6.07 Å². The standard InChI is InChI=1S/C20H27F2N3O2/c1-12(23-2)11-24-19(26)18-9-13-5-3-4-6-17(13)25(18)20(27)15-8-7-14(21)10-16(15)22/h7-8,10,12-13,17-18,23H,3-6,9,11H2,1-2H3,(H,24,26). The largest absolute Gasteiger partial charge is 0.353 e. The first-order chi connectivity index (χ1) is 12.9. The molecule has 1 saturated heterocycles. The molecule has 5 nitrogen and oxygen atoms in total. The van der Waals surface area contributed by atoms with Crippen molar-refractivity contribution in [3.63, 3.8) is 0 Å². The van der Waals surface area contributed by atoms with Crippen LogP contribution in [0.3, 0.4) is 0 Å². The Balaban J connectivity index is 1.85. The summed E-state index contributed by atoms with van der Waals surface area (Å²) in [5, 5.41) is 5.95. The predicted octanol–water partition coefficient (Wildman–Crippen LogP) is 2.46. The van der Waals surface area contributed by atoms with Gasteiger partial charge in [0.25, 0.3) is 5.91 Å². The number of amides is 2. The zero-order valence-electron chi connectivity index (χ0n) is 15.8. The second-order valence-corrected chi connectivity index (χ2v) is 7.63. The molecule has 27 heavy (non-hydrogen) atoms. The highest BCUT2D eigenvalue weighted by molar-refractivity contribution is 5.98. The Morgan fingerprint density at radius 2 is 2.00 bits per heavy atom. The van der Waals surface area contributed by atoms with Gasteiger partial charge in [0, 0.05) is 24.7 Å². The molecular formula is C20H27F2N3O2. The number of fused-ring (bicyclic) bond motifs is 1. The normalized spacial score (nSPS) is 25.8. The third-order valence-corrected chi connectivity index (χ3v) is 5.86. The van der Waals surface area contributed by atoms with Gasteiger partial charge in [0.05, 0.1) is 5.56 Å². The minimum Gasteiger partial charge on any atom is -0.353 e. The highest BCUT2D eigenvalue weighted by atomic mass is 19.1. The van der Waals surface area contributed by atoms with Gasteiger partial charge in [0.15, 0.2) is 0 Å². The first-order valence-electron chi connectivity index (χ1n) is 9.65.